The van der Waals surface area contributed by atoms with Crippen LogP contribution in [0.5, 0.6) is 23.0 Å². The molecular weight excluding hydrogens is 789 g/mol. The standard InChI is InChI=1S/C20H23N3O5S.C19H21N3O5S.CH4/c1-25-14-28-18-10-9-17(27-12-6-11-22-23-21)16(19(18)20(24)26-2)13-29-15-7-4-3-5-8-15;1-25-13-27-17-9-8-16(26-11-5-10-21-22-20)15(18(17)19(23)24)12-28-14-6-3-2-4-7-14;/h3-5,7-10H,6,11-14H2,1-2H3;2-4,6-9H,5,10-13H2,1H3,(H,23,24);1H4. The summed E-state index contributed by atoms with van der Waals surface area (Å²) in [6.45, 7) is 1.24. The monoisotopic (exact) mass is 836 g/mol. The fourth-order valence-electron chi connectivity index (χ4n) is 4.89. The third kappa shape index (κ3) is 16.4. The molecule has 0 spiro atoms. The van der Waals surface area contributed by atoms with Gasteiger partial charge in [0.05, 0.1) is 20.3 Å². The van der Waals surface area contributed by atoms with Gasteiger partial charge in [-0.25, -0.2) is 9.59 Å². The topological polar surface area (TPSA) is 216 Å². The van der Waals surface area contributed by atoms with Gasteiger partial charge in [0.15, 0.2) is 13.6 Å². The molecular formula is C40H48N6O10S2. The Bertz CT molecular complexity index is 1950. The molecule has 310 valence electrons. The highest BCUT2D eigenvalue weighted by atomic mass is 32.2. The lowest BCUT2D eigenvalue weighted by atomic mass is 10.1. The van der Waals surface area contributed by atoms with Crippen LogP contribution in [0.3, 0.4) is 0 Å². The molecule has 4 rings (SSSR count). The summed E-state index contributed by atoms with van der Waals surface area (Å²) in [5.41, 5.74) is 18.3. The first-order chi connectivity index (χ1) is 27.9. The van der Waals surface area contributed by atoms with Gasteiger partial charge < -0.3 is 38.3 Å². The number of aromatic carboxylic acids is 1. The summed E-state index contributed by atoms with van der Waals surface area (Å²) in [5.74, 6) is 0.856. The molecule has 0 radical (unpaired) electrons. The van der Waals surface area contributed by atoms with E-state index < -0.39 is 11.9 Å². The van der Waals surface area contributed by atoms with Crippen LogP contribution in [0.2, 0.25) is 0 Å². The Hall–Kier alpha value is -5.74. The summed E-state index contributed by atoms with van der Waals surface area (Å²) in [7, 11) is 4.29. The van der Waals surface area contributed by atoms with E-state index in [1.807, 2.05) is 60.7 Å². The molecule has 16 nitrogen and oxygen atoms in total. The number of ether oxygens (including phenoxy) is 7. The summed E-state index contributed by atoms with van der Waals surface area (Å²) in [4.78, 5) is 32.0. The van der Waals surface area contributed by atoms with E-state index in [1.165, 1.54) is 33.1 Å². The van der Waals surface area contributed by atoms with Crippen LogP contribution < -0.4 is 18.9 Å². The SMILES string of the molecule is C.COCOc1ccc(OCCCN=[N+]=[N-])c(CSc2ccccc2)c1C(=O)O.COCOc1ccc(OCCCN=[N+]=[N-])c(CSc2ccccc2)c1C(=O)OC. The maximum atomic E-state index is 12.5. The maximum absolute atomic E-state index is 12.5. The Morgan fingerprint density at radius 2 is 1.03 bits per heavy atom. The molecule has 0 bridgehead atoms. The van der Waals surface area contributed by atoms with E-state index in [0.29, 0.717) is 84.6 Å². The van der Waals surface area contributed by atoms with Gasteiger partial charge in [0.25, 0.3) is 0 Å². The first kappa shape index (κ1) is 48.4. The lowest BCUT2D eigenvalue weighted by Crippen LogP contribution is -2.12. The third-order valence-corrected chi connectivity index (χ3v) is 9.51. The molecule has 0 aliphatic carbocycles. The number of methoxy groups -OCH3 is 3. The van der Waals surface area contributed by atoms with Crippen LogP contribution in [0.15, 0.2) is 105 Å². The van der Waals surface area contributed by atoms with E-state index in [2.05, 4.69) is 20.1 Å². The van der Waals surface area contributed by atoms with Gasteiger partial charge in [-0.1, -0.05) is 54.1 Å². The van der Waals surface area contributed by atoms with Crippen LogP contribution in [0, 0.1) is 0 Å². The zero-order valence-electron chi connectivity index (χ0n) is 31.8. The van der Waals surface area contributed by atoms with Crippen molar-refractivity contribution in [3.05, 3.63) is 128 Å². The van der Waals surface area contributed by atoms with Crippen LogP contribution in [-0.4, -0.2) is 78.3 Å². The van der Waals surface area contributed by atoms with Gasteiger partial charge in [-0.2, -0.15) is 0 Å². The largest absolute Gasteiger partial charge is 0.493 e. The van der Waals surface area contributed by atoms with Gasteiger partial charge in [0.2, 0.25) is 0 Å². The van der Waals surface area contributed by atoms with Crippen molar-refractivity contribution in [2.45, 2.75) is 41.6 Å². The van der Waals surface area contributed by atoms with Crippen LogP contribution in [0.25, 0.3) is 20.9 Å². The van der Waals surface area contributed by atoms with Crippen molar-refractivity contribution in [1.82, 2.24) is 0 Å². The molecule has 0 aliphatic heterocycles. The molecule has 0 saturated heterocycles. The zero-order valence-corrected chi connectivity index (χ0v) is 33.4. The van der Waals surface area contributed by atoms with E-state index in [1.54, 1.807) is 36.0 Å². The minimum Gasteiger partial charge on any atom is -0.493 e. The van der Waals surface area contributed by atoms with Crippen molar-refractivity contribution in [3.8, 4) is 23.0 Å². The minimum absolute atomic E-state index is 0. The van der Waals surface area contributed by atoms with Gasteiger partial charge in [0, 0.05) is 69.6 Å². The highest BCUT2D eigenvalue weighted by Gasteiger charge is 2.24. The number of benzene rings is 4. The first-order valence-corrected chi connectivity index (χ1v) is 19.3. The highest BCUT2D eigenvalue weighted by Crippen LogP contribution is 2.37. The van der Waals surface area contributed by atoms with E-state index in [9.17, 15) is 14.7 Å². The summed E-state index contributed by atoms with van der Waals surface area (Å²) < 4.78 is 37.5. The van der Waals surface area contributed by atoms with Crippen molar-refractivity contribution in [2.24, 2.45) is 10.2 Å². The van der Waals surface area contributed by atoms with Crippen molar-refractivity contribution in [3.63, 3.8) is 0 Å². The normalized spacial score (nSPS) is 9.98. The van der Waals surface area contributed by atoms with E-state index in [4.69, 9.17) is 44.2 Å². The first-order valence-electron chi connectivity index (χ1n) is 17.4. The maximum Gasteiger partial charge on any atom is 0.342 e. The van der Waals surface area contributed by atoms with Crippen molar-refractivity contribution < 1.29 is 47.9 Å². The fraction of sp³-hybridized carbons (Fsp3) is 0.350. The second-order valence-corrected chi connectivity index (χ2v) is 13.3. The average Bonchev–Trinajstić information content (AvgIpc) is 3.24. The molecule has 0 unspecified atom stereocenters. The summed E-state index contributed by atoms with van der Waals surface area (Å²) in [5, 5.41) is 16.7. The lowest BCUT2D eigenvalue weighted by molar-refractivity contribution is 0.0461. The van der Waals surface area contributed by atoms with E-state index in [-0.39, 0.29) is 32.3 Å². The Labute approximate surface area is 346 Å². The van der Waals surface area contributed by atoms with Crippen molar-refractivity contribution in [1.29, 1.82) is 0 Å². The number of carboxylic acids is 1. The van der Waals surface area contributed by atoms with Gasteiger partial charge in [-0.05, 0) is 72.4 Å². The summed E-state index contributed by atoms with van der Waals surface area (Å²) >= 11 is 3.07. The molecule has 4 aromatic rings. The van der Waals surface area contributed by atoms with Crippen molar-refractivity contribution >= 4 is 35.5 Å². The third-order valence-electron chi connectivity index (χ3n) is 7.43. The Kier molecular flexibility index (Phi) is 23.9. The molecule has 0 saturated carbocycles. The van der Waals surface area contributed by atoms with Crippen LogP contribution in [0.4, 0.5) is 0 Å². The number of azide groups is 2. The van der Waals surface area contributed by atoms with Gasteiger partial charge in [-0.15, -0.1) is 23.5 Å². The predicted molar refractivity (Wildman–Crippen MR) is 223 cm³/mol. The zero-order chi connectivity index (χ0) is 41.1. The smallest absolute Gasteiger partial charge is 0.342 e. The molecule has 4 aromatic carbocycles. The van der Waals surface area contributed by atoms with Crippen LogP contribution >= 0.6 is 23.5 Å². The number of esters is 1. The number of nitrogens with zero attached hydrogens (tertiary/aromatic N) is 6. The number of carboxylic acid groups (broad SMARTS) is 1. The molecule has 0 fully saturated rings. The Balaban J connectivity index is 0.000000394. The molecule has 1 N–H and O–H groups in total. The second kappa shape index (κ2) is 28.6. The van der Waals surface area contributed by atoms with Crippen molar-refractivity contribution in [2.75, 3.05) is 61.2 Å². The van der Waals surface area contributed by atoms with E-state index >= 15 is 0 Å². The minimum atomic E-state index is -1.10. The summed E-state index contributed by atoms with van der Waals surface area (Å²) in [6, 6.07) is 26.2. The molecule has 0 aromatic heterocycles. The molecule has 0 aliphatic rings. The number of rotatable bonds is 24. The quantitative estimate of drug-likeness (QED) is 0.0133. The van der Waals surface area contributed by atoms with Crippen LogP contribution in [-0.2, 0) is 25.7 Å². The van der Waals surface area contributed by atoms with Crippen LogP contribution in [0.1, 0.15) is 52.1 Å². The lowest BCUT2D eigenvalue weighted by Gasteiger charge is -2.18. The molecule has 0 atom stereocenters. The molecule has 58 heavy (non-hydrogen) atoms. The molecule has 0 amide bonds. The van der Waals surface area contributed by atoms with Gasteiger partial charge in [-0.3, -0.25) is 0 Å². The Morgan fingerprint density at radius 3 is 1.43 bits per heavy atom. The number of thioether (sulfide) groups is 2. The molecule has 0 heterocycles. The predicted octanol–water partition coefficient (Wildman–Crippen LogP) is 10.2. The van der Waals surface area contributed by atoms with Gasteiger partial charge >= 0.3 is 11.9 Å². The number of hydrogen-bond donors (Lipinski definition) is 1. The second-order valence-electron chi connectivity index (χ2n) is 11.2. The average molecular weight is 837 g/mol. The van der Waals surface area contributed by atoms with Gasteiger partial charge in [0.1, 0.15) is 34.1 Å². The number of carbonyl (C=O) groups excluding carboxylic acids is 1. The summed E-state index contributed by atoms with van der Waals surface area (Å²) in [6.07, 6.45) is 1.09. The Morgan fingerprint density at radius 1 is 0.621 bits per heavy atom. The number of carbonyl (C=O) groups is 2. The number of hydrogen-bond acceptors (Lipinski definition) is 13. The van der Waals surface area contributed by atoms with E-state index in [0.717, 1.165) is 9.79 Å². The fourth-order valence-corrected chi connectivity index (χ4v) is 6.78. The molecule has 18 heteroatoms. The highest BCUT2D eigenvalue weighted by molar-refractivity contribution is 7.98.